The molecule has 2 aromatic rings. The molecule has 62 valence electrons. The number of rotatable bonds is 1. The van der Waals surface area contributed by atoms with Gasteiger partial charge in [0, 0.05) is 11.4 Å². The summed E-state index contributed by atoms with van der Waals surface area (Å²) in [6.45, 7) is 4.14. The summed E-state index contributed by atoms with van der Waals surface area (Å²) in [5, 5.41) is 13.1. The molecular formula is C8H10N4. The van der Waals surface area contributed by atoms with Gasteiger partial charge in [-0.1, -0.05) is 0 Å². The molecule has 2 aromatic heterocycles. The zero-order chi connectivity index (χ0) is 8.55. The Balaban J connectivity index is 2.70. The SMILES string of the molecule is CC(C)n1ncc2ccnnc21. The summed E-state index contributed by atoms with van der Waals surface area (Å²) in [6, 6.07) is 2.24. The number of hydrogen-bond donors (Lipinski definition) is 0. The van der Waals surface area contributed by atoms with Crippen LogP contribution in [0.4, 0.5) is 0 Å². The van der Waals surface area contributed by atoms with Crippen LogP contribution in [0.25, 0.3) is 11.0 Å². The summed E-state index contributed by atoms with van der Waals surface area (Å²) >= 11 is 0. The highest BCUT2D eigenvalue weighted by atomic mass is 15.3. The lowest BCUT2D eigenvalue weighted by Crippen LogP contribution is -2.03. The first-order valence-corrected chi connectivity index (χ1v) is 3.94. The molecule has 4 nitrogen and oxygen atoms in total. The number of aromatic nitrogens is 4. The second-order valence-electron chi connectivity index (χ2n) is 2.99. The average Bonchev–Trinajstić information content (AvgIpc) is 2.47. The molecule has 0 aliphatic rings. The third kappa shape index (κ3) is 0.958. The van der Waals surface area contributed by atoms with Gasteiger partial charge in [0.05, 0.1) is 12.4 Å². The third-order valence-corrected chi connectivity index (χ3v) is 1.76. The van der Waals surface area contributed by atoms with Crippen molar-refractivity contribution in [1.29, 1.82) is 0 Å². The minimum absolute atomic E-state index is 0.333. The lowest BCUT2D eigenvalue weighted by Gasteiger charge is -2.04. The smallest absolute Gasteiger partial charge is 0.180 e. The summed E-state index contributed by atoms with van der Waals surface area (Å²) in [6.07, 6.45) is 3.48. The van der Waals surface area contributed by atoms with E-state index in [9.17, 15) is 0 Å². The van der Waals surface area contributed by atoms with Crippen LogP contribution in [0.15, 0.2) is 18.5 Å². The van der Waals surface area contributed by atoms with Crippen LogP contribution in [0.3, 0.4) is 0 Å². The molecule has 0 N–H and O–H groups in total. The molecule has 0 radical (unpaired) electrons. The molecule has 0 fully saturated rings. The van der Waals surface area contributed by atoms with E-state index >= 15 is 0 Å². The van der Waals surface area contributed by atoms with Gasteiger partial charge in [-0.2, -0.15) is 10.2 Å². The molecule has 0 aliphatic heterocycles. The summed E-state index contributed by atoms with van der Waals surface area (Å²) in [5.41, 5.74) is 0.854. The Labute approximate surface area is 70.2 Å². The minimum Gasteiger partial charge on any atom is -0.243 e. The van der Waals surface area contributed by atoms with Crippen LogP contribution in [0.1, 0.15) is 19.9 Å². The molecule has 0 atom stereocenters. The highest BCUT2D eigenvalue weighted by Crippen LogP contribution is 2.12. The van der Waals surface area contributed by atoms with Crippen LogP contribution in [0.2, 0.25) is 0 Å². The van der Waals surface area contributed by atoms with Gasteiger partial charge in [0.2, 0.25) is 0 Å². The van der Waals surface area contributed by atoms with Gasteiger partial charge in [-0.3, -0.25) is 0 Å². The van der Waals surface area contributed by atoms with Crippen molar-refractivity contribution in [2.45, 2.75) is 19.9 Å². The fraction of sp³-hybridized carbons (Fsp3) is 0.375. The van der Waals surface area contributed by atoms with Gasteiger partial charge in [0.1, 0.15) is 0 Å². The van der Waals surface area contributed by atoms with Gasteiger partial charge in [-0.05, 0) is 19.9 Å². The fourth-order valence-corrected chi connectivity index (χ4v) is 1.17. The maximum atomic E-state index is 4.21. The van der Waals surface area contributed by atoms with Gasteiger partial charge in [-0.25, -0.2) is 4.68 Å². The van der Waals surface area contributed by atoms with Crippen LogP contribution in [-0.4, -0.2) is 20.0 Å². The first-order chi connectivity index (χ1) is 5.79. The zero-order valence-electron chi connectivity index (χ0n) is 7.10. The zero-order valence-corrected chi connectivity index (χ0v) is 7.10. The van der Waals surface area contributed by atoms with E-state index in [2.05, 4.69) is 29.1 Å². The topological polar surface area (TPSA) is 43.6 Å². The van der Waals surface area contributed by atoms with Crippen LogP contribution >= 0.6 is 0 Å². The quantitative estimate of drug-likeness (QED) is 0.636. The van der Waals surface area contributed by atoms with Crippen molar-refractivity contribution in [3.8, 4) is 0 Å². The minimum atomic E-state index is 0.333. The molecule has 4 heteroatoms. The van der Waals surface area contributed by atoms with Gasteiger partial charge < -0.3 is 0 Å². The first-order valence-electron chi connectivity index (χ1n) is 3.94. The van der Waals surface area contributed by atoms with Crippen LogP contribution in [0.5, 0.6) is 0 Å². The summed E-state index contributed by atoms with van der Waals surface area (Å²) < 4.78 is 1.86. The lowest BCUT2D eigenvalue weighted by molar-refractivity contribution is 0.544. The van der Waals surface area contributed by atoms with E-state index in [0.717, 1.165) is 11.0 Å². The Morgan fingerprint density at radius 2 is 2.25 bits per heavy atom. The van der Waals surface area contributed by atoms with E-state index in [0.29, 0.717) is 6.04 Å². The van der Waals surface area contributed by atoms with Crippen molar-refractivity contribution in [2.75, 3.05) is 0 Å². The molecular weight excluding hydrogens is 152 g/mol. The Morgan fingerprint density at radius 3 is 3.00 bits per heavy atom. The maximum Gasteiger partial charge on any atom is 0.180 e. The molecule has 0 amide bonds. The Hall–Kier alpha value is -1.45. The van der Waals surface area contributed by atoms with Crippen molar-refractivity contribution >= 4 is 11.0 Å². The fourth-order valence-electron chi connectivity index (χ4n) is 1.17. The summed E-state index contributed by atoms with van der Waals surface area (Å²) in [4.78, 5) is 0. The average molecular weight is 162 g/mol. The predicted octanol–water partition coefficient (Wildman–Crippen LogP) is 1.41. The van der Waals surface area contributed by atoms with E-state index in [-0.39, 0.29) is 0 Å². The highest BCUT2D eigenvalue weighted by molar-refractivity contribution is 5.73. The Kier molecular flexibility index (Phi) is 1.53. The number of fused-ring (bicyclic) bond motifs is 1. The van der Waals surface area contributed by atoms with Crippen LogP contribution < -0.4 is 0 Å². The van der Waals surface area contributed by atoms with Crippen molar-refractivity contribution in [3.63, 3.8) is 0 Å². The van der Waals surface area contributed by atoms with E-state index in [1.165, 1.54) is 0 Å². The van der Waals surface area contributed by atoms with Crippen molar-refractivity contribution in [2.24, 2.45) is 0 Å². The standard InChI is InChI=1S/C8H10N4/c1-6(2)12-8-7(5-10-12)3-4-9-11-8/h3-6H,1-2H3. The number of nitrogens with zero attached hydrogens (tertiary/aromatic N) is 4. The van der Waals surface area contributed by atoms with Crippen LogP contribution in [0, 0.1) is 0 Å². The molecule has 2 heterocycles. The van der Waals surface area contributed by atoms with Gasteiger partial charge in [0.15, 0.2) is 5.65 Å². The Bertz CT molecular complexity index is 391. The molecule has 0 aliphatic carbocycles. The maximum absolute atomic E-state index is 4.21. The molecule has 0 bridgehead atoms. The van der Waals surface area contributed by atoms with Crippen LogP contribution in [-0.2, 0) is 0 Å². The molecule has 0 unspecified atom stereocenters. The monoisotopic (exact) mass is 162 g/mol. The van der Waals surface area contributed by atoms with E-state index in [1.54, 1.807) is 6.20 Å². The van der Waals surface area contributed by atoms with Crippen molar-refractivity contribution in [1.82, 2.24) is 20.0 Å². The predicted molar refractivity (Wildman–Crippen MR) is 45.7 cm³/mol. The summed E-state index contributed by atoms with van der Waals surface area (Å²) in [5.74, 6) is 0. The van der Waals surface area contributed by atoms with Gasteiger partial charge in [0.25, 0.3) is 0 Å². The second-order valence-corrected chi connectivity index (χ2v) is 2.99. The highest BCUT2D eigenvalue weighted by Gasteiger charge is 2.05. The molecule has 12 heavy (non-hydrogen) atoms. The van der Waals surface area contributed by atoms with E-state index in [4.69, 9.17) is 0 Å². The summed E-state index contributed by atoms with van der Waals surface area (Å²) in [7, 11) is 0. The third-order valence-electron chi connectivity index (χ3n) is 1.76. The molecule has 0 aromatic carbocycles. The van der Waals surface area contributed by atoms with E-state index < -0.39 is 0 Å². The molecule has 0 spiro atoms. The normalized spacial score (nSPS) is 11.2. The number of hydrogen-bond acceptors (Lipinski definition) is 3. The molecule has 2 rings (SSSR count). The van der Waals surface area contributed by atoms with E-state index in [1.807, 2.05) is 16.9 Å². The van der Waals surface area contributed by atoms with Crippen molar-refractivity contribution in [3.05, 3.63) is 18.5 Å². The Morgan fingerprint density at radius 1 is 1.42 bits per heavy atom. The van der Waals surface area contributed by atoms with Crippen molar-refractivity contribution < 1.29 is 0 Å². The van der Waals surface area contributed by atoms with Gasteiger partial charge >= 0.3 is 0 Å². The molecule has 0 saturated carbocycles. The molecule has 0 saturated heterocycles. The second kappa shape index (κ2) is 2.55. The first kappa shape index (κ1) is 7.21. The van der Waals surface area contributed by atoms with Gasteiger partial charge in [-0.15, -0.1) is 5.10 Å². The largest absolute Gasteiger partial charge is 0.243 e. The lowest BCUT2D eigenvalue weighted by atomic mass is 10.4.